The number of halogens is 1. The highest BCUT2D eigenvalue weighted by atomic mass is 35.5. The van der Waals surface area contributed by atoms with Gasteiger partial charge in [-0.3, -0.25) is 4.79 Å². The number of piperidine rings is 1. The van der Waals surface area contributed by atoms with E-state index in [0.717, 1.165) is 31.1 Å². The van der Waals surface area contributed by atoms with E-state index >= 15 is 0 Å². The summed E-state index contributed by atoms with van der Waals surface area (Å²) in [5.41, 5.74) is 1.25. The lowest BCUT2D eigenvalue weighted by molar-refractivity contribution is 0.103. The molecular formula is C19H24ClN3OS. The minimum Gasteiger partial charge on any atom is -0.319 e. The molecule has 3 rings (SSSR count). The van der Waals surface area contributed by atoms with Gasteiger partial charge in [-0.25, -0.2) is 4.98 Å². The van der Waals surface area contributed by atoms with Crippen LogP contribution in [0.5, 0.6) is 0 Å². The third-order valence-electron chi connectivity index (χ3n) is 4.76. The van der Waals surface area contributed by atoms with Gasteiger partial charge in [0, 0.05) is 28.9 Å². The van der Waals surface area contributed by atoms with Crippen LogP contribution in [0.1, 0.15) is 42.7 Å². The van der Waals surface area contributed by atoms with Crippen molar-refractivity contribution in [3.8, 4) is 0 Å². The average Bonchev–Trinajstić information content (AvgIpc) is 2.96. The van der Waals surface area contributed by atoms with Crippen LogP contribution in [0, 0.1) is 0 Å². The molecule has 25 heavy (non-hydrogen) atoms. The van der Waals surface area contributed by atoms with Gasteiger partial charge in [-0.1, -0.05) is 23.4 Å². The molecule has 1 aliphatic heterocycles. The van der Waals surface area contributed by atoms with E-state index in [1.165, 1.54) is 0 Å². The van der Waals surface area contributed by atoms with Gasteiger partial charge in [0.15, 0.2) is 5.16 Å². The van der Waals surface area contributed by atoms with Crippen molar-refractivity contribution in [1.82, 2.24) is 14.5 Å². The average molecular weight is 378 g/mol. The van der Waals surface area contributed by atoms with Crippen LogP contribution in [-0.2, 0) is 7.05 Å². The number of benzene rings is 1. The van der Waals surface area contributed by atoms with Crippen molar-refractivity contribution in [3.05, 3.63) is 46.7 Å². The van der Waals surface area contributed by atoms with Crippen molar-refractivity contribution in [2.24, 2.45) is 7.05 Å². The molecule has 6 heteroatoms. The molecule has 0 bridgehead atoms. The Morgan fingerprint density at radius 1 is 1.24 bits per heavy atom. The number of carbonyl (C=O) groups is 1. The van der Waals surface area contributed by atoms with Crippen LogP contribution in [0.4, 0.5) is 0 Å². The number of imidazole rings is 1. The maximum atomic E-state index is 12.7. The molecule has 1 fully saturated rings. The topological polar surface area (TPSA) is 38.1 Å². The fraction of sp³-hybridized carbons (Fsp3) is 0.474. The van der Waals surface area contributed by atoms with Gasteiger partial charge in [-0.05, 0) is 64.0 Å². The Morgan fingerprint density at radius 3 is 2.48 bits per heavy atom. The number of rotatable bonds is 5. The van der Waals surface area contributed by atoms with Crippen LogP contribution in [0.25, 0.3) is 0 Å². The molecule has 0 radical (unpaired) electrons. The zero-order valence-corrected chi connectivity index (χ0v) is 16.5. The summed E-state index contributed by atoms with van der Waals surface area (Å²) in [6, 6.07) is 7.60. The lowest BCUT2D eigenvalue weighted by atomic mass is 10.1. The Balaban J connectivity index is 1.67. The smallest absolute Gasteiger partial charge is 0.211 e. The summed E-state index contributed by atoms with van der Waals surface area (Å²) >= 11 is 7.69. The van der Waals surface area contributed by atoms with Gasteiger partial charge in [-0.15, -0.1) is 0 Å². The van der Waals surface area contributed by atoms with Crippen LogP contribution in [-0.4, -0.2) is 44.6 Å². The minimum atomic E-state index is -0.0202. The van der Waals surface area contributed by atoms with E-state index in [2.05, 4.69) is 23.7 Å². The second-order valence-corrected chi connectivity index (χ2v) is 8.47. The second kappa shape index (κ2) is 7.94. The number of thioether (sulfide) groups is 1. The van der Waals surface area contributed by atoms with E-state index in [0.29, 0.717) is 27.6 Å². The van der Waals surface area contributed by atoms with Gasteiger partial charge in [0.1, 0.15) is 5.69 Å². The van der Waals surface area contributed by atoms with Gasteiger partial charge in [0.05, 0.1) is 6.20 Å². The normalized spacial score (nSPS) is 16.5. The van der Waals surface area contributed by atoms with E-state index < -0.39 is 0 Å². The number of hydrogen-bond donors (Lipinski definition) is 0. The summed E-state index contributed by atoms with van der Waals surface area (Å²) < 4.78 is 1.91. The Hall–Kier alpha value is -1.30. The van der Waals surface area contributed by atoms with Gasteiger partial charge in [0.2, 0.25) is 5.78 Å². The maximum absolute atomic E-state index is 12.7. The number of ketones is 1. The first-order valence-electron chi connectivity index (χ1n) is 8.68. The van der Waals surface area contributed by atoms with Crippen LogP contribution < -0.4 is 0 Å². The molecular weight excluding hydrogens is 354 g/mol. The fourth-order valence-electron chi connectivity index (χ4n) is 3.12. The highest BCUT2D eigenvalue weighted by Crippen LogP contribution is 2.30. The van der Waals surface area contributed by atoms with Crippen LogP contribution >= 0.6 is 23.4 Å². The first-order valence-corrected chi connectivity index (χ1v) is 9.94. The van der Waals surface area contributed by atoms with Crippen molar-refractivity contribution in [1.29, 1.82) is 0 Å². The molecule has 1 aliphatic rings. The summed E-state index contributed by atoms with van der Waals surface area (Å²) in [6.45, 7) is 6.77. The van der Waals surface area contributed by atoms with Crippen molar-refractivity contribution in [2.45, 2.75) is 43.1 Å². The molecule has 1 aromatic carbocycles. The van der Waals surface area contributed by atoms with Crippen LogP contribution in [0.2, 0.25) is 5.02 Å². The maximum Gasteiger partial charge on any atom is 0.211 e. The lowest BCUT2D eigenvalue weighted by Gasteiger charge is -2.34. The third kappa shape index (κ3) is 4.27. The SMILES string of the molecule is CC(C)N1CCC(Sc2ncc(C(=O)c3ccc(Cl)cc3)n2C)CC1. The van der Waals surface area contributed by atoms with Gasteiger partial charge in [-0.2, -0.15) is 0 Å². The molecule has 0 amide bonds. The quantitative estimate of drug-likeness (QED) is 0.729. The molecule has 0 unspecified atom stereocenters. The zero-order valence-electron chi connectivity index (χ0n) is 14.9. The van der Waals surface area contributed by atoms with E-state index in [1.54, 1.807) is 42.2 Å². The highest BCUT2D eigenvalue weighted by Gasteiger charge is 2.24. The largest absolute Gasteiger partial charge is 0.319 e. The first kappa shape index (κ1) is 18.5. The molecule has 0 saturated carbocycles. The number of likely N-dealkylation sites (tertiary alicyclic amines) is 1. The first-order chi connectivity index (χ1) is 12.0. The van der Waals surface area contributed by atoms with Crippen LogP contribution in [0.15, 0.2) is 35.6 Å². The summed E-state index contributed by atoms with van der Waals surface area (Å²) in [4.78, 5) is 19.7. The Morgan fingerprint density at radius 2 is 1.88 bits per heavy atom. The van der Waals surface area contributed by atoms with Crippen molar-refractivity contribution in [3.63, 3.8) is 0 Å². The standard InChI is InChI=1S/C19H24ClN3OS/c1-13(2)23-10-8-16(9-11-23)25-19-21-12-17(22(19)3)18(24)14-4-6-15(20)7-5-14/h4-7,12-13,16H,8-11H2,1-3H3. The Kier molecular flexibility index (Phi) is 5.87. The third-order valence-corrected chi connectivity index (χ3v) is 6.41. The summed E-state index contributed by atoms with van der Waals surface area (Å²) in [5.74, 6) is -0.0202. The molecule has 0 spiro atoms. The summed E-state index contributed by atoms with van der Waals surface area (Å²) in [5, 5.41) is 2.11. The number of hydrogen-bond acceptors (Lipinski definition) is 4. The van der Waals surface area contributed by atoms with Crippen molar-refractivity contribution >= 4 is 29.1 Å². The summed E-state index contributed by atoms with van der Waals surface area (Å²) in [7, 11) is 1.92. The number of nitrogens with zero attached hydrogens (tertiary/aromatic N) is 3. The second-order valence-electron chi connectivity index (χ2n) is 6.77. The molecule has 2 heterocycles. The van der Waals surface area contributed by atoms with Crippen molar-refractivity contribution < 1.29 is 4.79 Å². The molecule has 2 aromatic rings. The van der Waals surface area contributed by atoms with Gasteiger partial charge < -0.3 is 9.47 Å². The number of carbonyl (C=O) groups excluding carboxylic acids is 1. The molecule has 0 aliphatic carbocycles. The molecule has 4 nitrogen and oxygen atoms in total. The number of aromatic nitrogens is 2. The molecule has 1 saturated heterocycles. The van der Waals surface area contributed by atoms with Gasteiger partial charge in [0.25, 0.3) is 0 Å². The Bertz CT molecular complexity index is 734. The predicted molar refractivity (Wildman–Crippen MR) is 104 cm³/mol. The van der Waals surface area contributed by atoms with Gasteiger partial charge >= 0.3 is 0 Å². The van der Waals surface area contributed by atoms with E-state index in [-0.39, 0.29) is 5.78 Å². The predicted octanol–water partition coefficient (Wildman–Crippen LogP) is 4.27. The van der Waals surface area contributed by atoms with E-state index in [9.17, 15) is 4.79 Å². The van der Waals surface area contributed by atoms with Crippen molar-refractivity contribution in [2.75, 3.05) is 13.1 Å². The molecule has 0 atom stereocenters. The minimum absolute atomic E-state index is 0.0202. The Labute approximate surface area is 158 Å². The monoisotopic (exact) mass is 377 g/mol. The van der Waals surface area contributed by atoms with Crippen LogP contribution in [0.3, 0.4) is 0 Å². The van der Waals surface area contributed by atoms with E-state index in [4.69, 9.17) is 11.6 Å². The van der Waals surface area contributed by atoms with E-state index in [1.807, 2.05) is 11.6 Å². The highest BCUT2D eigenvalue weighted by molar-refractivity contribution is 7.99. The molecule has 134 valence electrons. The zero-order chi connectivity index (χ0) is 18.0. The molecule has 1 aromatic heterocycles. The summed E-state index contributed by atoms with van der Waals surface area (Å²) in [6.07, 6.45) is 4.01. The lowest BCUT2D eigenvalue weighted by Crippen LogP contribution is -2.39. The molecule has 0 N–H and O–H groups in total. The fourth-order valence-corrected chi connectivity index (χ4v) is 4.36.